The van der Waals surface area contributed by atoms with Gasteiger partial charge in [-0.05, 0) is 42.9 Å². The van der Waals surface area contributed by atoms with Gasteiger partial charge in [0.1, 0.15) is 0 Å². The highest BCUT2D eigenvalue weighted by Crippen LogP contribution is 2.23. The Labute approximate surface area is 126 Å². The number of nitrogens with two attached hydrogens (primary N) is 1. The Balaban J connectivity index is 1.91. The number of benzene rings is 1. The number of allylic oxidation sites excluding steroid dienone is 4. The molecular weight excluding hydrogens is 262 g/mol. The molecule has 21 heavy (non-hydrogen) atoms. The van der Waals surface area contributed by atoms with Gasteiger partial charge in [0.15, 0.2) is 0 Å². The first-order chi connectivity index (χ1) is 10.2. The largest absolute Gasteiger partial charge is 0.466 e. The van der Waals surface area contributed by atoms with E-state index in [1.165, 1.54) is 11.1 Å². The third-order valence-corrected chi connectivity index (χ3v) is 3.57. The zero-order valence-electron chi connectivity index (χ0n) is 12.5. The topological polar surface area (TPSA) is 52.3 Å². The lowest BCUT2D eigenvalue weighted by molar-refractivity contribution is -0.143. The van der Waals surface area contributed by atoms with E-state index in [2.05, 4.69) is 42.5 Å². The van der Waals surface area contributed by atoms with Gasteiger partial charge in [-0.15, -0.1) is 0 Å². The van der Waals surface area contributed by atoms with E-state index in [9.17, 15) is 4.79 Å². The molecule has 0 unspecified atom stereocenters. The van der Waals surface area contributed by atoms with Crippen LogP contribution in [0.3, 0.4) is 0 Å². The molecule has 0 saturated carbocycles. The molecule has 0 radical (unpaired) electrons. The molecule has 0 saturated heterocycles. The molecule has 0 amide bonds. The van der Waals surface area contributed by atoms with Gasteiger partial charge in [-0.2, -0.15) is 0 Å². The number of hydrogen-bond donors (Lipinski definition) is 1. The number of esters is 1. The average molecular weight is 285 g/mol. The number of rotatable bonds is 6. The lowest BCUT2D eigenvalue weighted by Crippen LogP contribution is -2.27. The molecule has 0 aromatic heterocycles. The Kier molecular flexibility index (Phi) is 5.76. The molecule has 1 aliphatic rings. The monoisotopic (exact) mass is 285 g/mol. The summed E-state index contributed by atoms with van der Waals surface area (Å²) < 4.78 is 4.92. The van der Waals surface area contributed by atoms with Crippen molar-refractivity contribution in [1.29, 1.82) is 0 Å². The van der Waals surface area contributed by atoms with Gasteiger partial charge in [0.05, 0.1) is 13.0 Å². The van der Waals surface area contributed by atoms with Gasteiger partial charge in [-0.25, -0.2) is 0 Å². The van der Waals surface area contributed by atoms with Crippen molar-refractivity contribution in [3.63, 3.8) is 0 Å². The Morgan fingerprint density at radius 1 is 1.33 bits per heavy atom. The van der Waals surface area contributed by atoms with Gasteiger partial charge in [0.2, 0.25) is 0 Å². The summed E-state index contributed by atoms with van der Waals surface area (Å²) in [6, 6.07) is 8.28. The van der Waals surface area contributed by atoms with E-state index in [1.54, 1.807) is 6.92 Å². The molecule has 1 aromatic rings. The normalized spacial score (nSPS) is 15.4. The maximum atomic E-state index is 11.4. The molecule has 112 valence electrons. The van der Waals surface area contributed by atoms with Crippen LogP contribution >= 0.6 is 0 Å². The Hall–Kier alpha value is -1.87. The van der Waals surface area contributed by atoms with Crippen LogP contribution in [0.2, 0.25) is 0 Å². The summed E-state index contributed by atoms with van der Waals surface area (Å²) in [5, 5.41) is 0. The van der Waals surface area contributed by atoms with Crippen LogP contribution in [-0.4, -0.2) is 18.6 Å². The van der Waals surface area contributed by atoms with Crippen molar-refractivity contribution in [1.82, 2.24) is 0 Å². The maximum Gasteiger partial charge on any atom is 0.307 e. The number of hydrogen-bond acceptors (Lipinski definition) is 3. The van der Waals surface area contributed by atoms with E-state index < -0.39 is 0 Å². The Bertz CT molecular complexity index is 529. The Morgan fingerprint density at radius 3 is 2.71 bits per heavy atom. The van der Waals surface area contributed by atoms with Gasteiger partial charge in [-0.1, -0.05) is 42.5 Å². The van der Waals surface area contributed by atoms with Gasteiger partial charge >= 0.3 is 5.97 Å². The van der Waals surface area contributed by atoms with Crippen molar-refractivity contribution in [3.8, 4) is 0 Å². The fraction of sp³-hybridized carbons (Fsp3) is 0.389. The van der Waals surface area contributed by atoms with E-state index in [-0.39, 0.29) is 18.4 Å². The minimum Gasteiger partial charge on any atom is -0.466 e. The molecule has 2 N–H and O–H groups in total. The van der Waals surface area contributed by atoms with E-state index in [0.717, 1.165) is 18.4 Å². The standard InChI is InChI=1S/C18H23NO2/c1-2-21-18(20)13-17(19)12-14-8-10-16(11-9-14)15-6-4-3-5-7-15/h3-4,6,8-11,17H,2,5,7,12-13,19H2,1H3/t17-/m1/s1. The van der Waals surface area contributed by atoms with Gasteiger partial charge in [0, 0.05) is 6.04 Å². The Morgan fingerprint density at radius 2 is 2.10 bits per heavy atom. The highest BCUT2D eigenvalue weighted by atomic mass is 16.5. The zero-order valence-corrected chi connectivity index (χ0v) is 12.5. The predicted molar refractivity (Wildman–Crippen MR) is 85.7 cm³/mol. The average Bonchev–Trinajstić information content (AvgIpc) is 2.49. The summed E-state index contributed by atoms with van der Waals surface area (Å²) in [6.45, 7) is 2.21. The second-order valence-electron chi connectivity index (χ2n) is 5.33. The molecular formula is C18H23NO2. The fourth-order valence-corrected chi connectivity index (χ4v) is 2.51. The van der Waals surface area contributed by atoms with Crippen molar-refractivity contribution in [3.05, 3.63) is 53.6 Å². The molecule has 0 aliphatic heterocycles. The molecule has 3 heteroatoms. The lowest BCUT2D eigenvalue weighted by atomic mass is 9.95. The first-order valence-electron chi connectivity index (χ1n) is 7.55. The molecule has 0 fully saturated rings. The number of carbonyl (C=O) groups is 1. The predicted octanol–water partition coefficient (Wildman–Crippen LogP) is 3.24. The smallest absolute Gasteiger partial charge is 0.307 e. The van der Waals surface area contributed by atoms with E-state index in [4.69, 9.17) is 10.5 Å². The van der Waals surface area contributed by atoms with Gasteiger partial charge in [0.25, 0.3) is 0 Å². The van der Waals surface area contributed by atoms with Crippen LogP contribution in [-0.2, 0) is 16.0 Å². The van der Waals surface area contributed by atoms with Crippen molar-refractivity contribution < 1.29 is 9.53 Å². The van der Waals surface area contributed by atoms with Crippen molar-refractivity contribution >= 4 is 11.5 Å². The molecule has 1 aromatic carbocycles. The number of carbonyl (C=O) groups excluding carboxylic acids is 1. The maximum absolute atomic E-state index is 11.4. The van der Waals surface area contributed by atoms with E-state index >= 15 is 0 Å². The van der Waals surface area contributed by atoms with E-state index in [0.29, 0.717) is 13.0 Å². The third kappa shape index (κ3) is 4.87. The molecule has 0 spiro atoms. The summed E-state index contributed by atoms with van der Waals surface area (Å²) in [5.41, 5.74) is 9.79. The second kappa shape index (κ2) is 7.79. The van der Waals surface area contributed by atoms with Crippen molar-refractivity contribution in [2.75, 3.05) is 6.61 Å². The highest BCUT2D eigenvalue weighted by molar-refractivity contribution is 5.70. The summed E-state index contributed by atoms with van der Waals surface area (Å²) in [5.74, 6) is -0.222. The van der Waals surface area contributed by atoms with Crippen LogP contribution in [0, 0.1) is 0 Å². The minimum absolute atomic E-state index is 0.188. The first-order valence-corrected chi connectivity index (χ1v) is 7.55. The van der Waals surface area contributed by atoms with Crippen molar-refractivity contribution in [2.24, 2.45) is 5.73 Å². The van der Waals surface area contributed by atoms with Crippen LogP contribution in [0.1, 0.15) is 37.3 Å². The fourth-order valence-electron chi connectivity index (χ4n) is 2.51. The molecule has 3 nitrogen and oxygen atoms in total. The molecule has 1 atom stereocenters. The first kappa shape index (κ1) is 15.5. The van der Waals surface area contributed by atoms with Crippen LogP contribution < -0.4 is 5.73 Å². The number of ether oxygens (including phenoxy) is 1. The molecule has 1 aliphatic carbocycles. The molecule has 2 rings (SSSR count). The van der Waals surface area contributed by atoms with Crippen molar-refractivity contribution in [2.45, 2.75) is 38.6 Å². The second-order valence-corrected chi connectivity index (χ2v) is 5.33. The SMILES string of the molecule is CCOC(=O)C[C@H](N)Cc1ccc(C2=CC=CCC2)cc1. The zero-order chi connectivity index (χ0) is 15.1. The third-order valence-electron chi connectivity index (χ3n) is 3.57. The summed E-state index contributed by atoms with van der Waals surface area (Å²) in [4.78, 5) is 11.4. The molecule has 0 heterocycles. The highest BCUT2D eigenvalue weighted by Gasteiger charge is 2.11. The van der Waals surface area contributed by atoms with Crippen LogP contribution in [0.5, 0.6) is 0 Å². The molecule has 0 bridgehead atoms. The quantitative estimate of drug-likeness (QED) is 0.816. The summed E-state index contributed by atoms with van der Waals surface area (Å²) in [7, 11) is 0. The van der Waals surface area contributed by atoms with Crippen LogP contribution in [0.15, 0.2) is 42.5 Å². The summed E-state index contributed by atoms with van der Waals surface area (Å²) >= 11 is 0. The van der Waals surface area contributed by atoms with Crippen LogP contribution in [0.25, 0.3) is 5.57 Å². The summed E-state index contributed by atoms with van der Waals surface area (Å²) in [6.07, 6.45) is 9.64. The van der Waals surface area contributed by atoms with E-state index in [1.807, 2.05) is 0 Å². The van der Waals surface area contributed by atoms with Gasteiger partial charge < -0.3 is 10.5 Å². The van der Waals surface area contributed by atoms with Crippen LogP contribution in [0.4, 0.5) is 0 Å². The van der Waals surface area contributed by atoms with Gasteiger partial charge in [-0.3, -0.25) is 4.79 Å². The lowest BCUT2D eigenvalue weighted by Gasteiger charge is -2.13. The minimum atomic E-state index is -0.222.